The van der Waals surface area contributed by atoms with Gasteiger partial charge in [-0.05, 0) is 46.1 Å². The topological polar surface area (TPSA) is 30.0 Å². The average molecular weight is 322 g/mol. The van der Waals surface area contributed by atoms with Gasteiger partial charge in [0.25, 0.3) is 0 Å². The van der Waals surface area contributed by atoms with E-state index in [2.05, 4.69) is 20.9 Å². The van der Waals surface area contributed by atoms with Crippen molar-refractivity contribution in [3.05, 3.63) is 63.6 Å². The van der Waals surface area contributed by atoms with Crippen molar-refractivity contribution in [3.63, 3.8) is 0 Å². The Balaban J connectivity index is 2.13. The fourth-order valence-electron chi connectivity index (χ4n) is 1.70. The minimum Gasteiger partial charge on any atom is -0.294 e. The van der Waals surface area contributed by atoms with Gasteiger partial charge in [0.05, 0.1) is 10.9 Å². The molecule has 0 N–H and O–H groups in total. The number of Topliss-reactive ketones (excluding diaryl/α,β-unsaturated/α-hetero) is 1. The Morgan fingerprint density at radius 3 is 2.68 bits per heavy atom. The van der Waals surface area contributed by atoms with E-state index < -0.39 is 5.82 Å². The first-order chi connectivity index (χ1) is 9.10. The molecule has 2 aromatic rings. The number of pyridine rings is 1. The number of carbonyl (C=O) groups excluding carboxylic acids is 1. The Kier molecular flexibility index (Phi) is 4.43. The lowest BCUT2D eigenvalue weighted by molar-refractivity contribution is 0.0991. The van der Waals surface area contributed by atoms with Gasteiger partial charge in [0.15, 0.2) is 5.78 Å². The molecular weight excluding hydrogens is 309 g/mol. The van der Waals surface area contributed by atoms with Crippen molar-refractivity contribution in [1.82, 2.24) is 4.98 Å². The standard InChI is InChI=1S/C15H13BrFNO/c1-2-10-3-5-12(18-9-10)8-15(19)11-4-6-13(16)14(17)7-11/h3-7,9H,2,8H2,1H3. The lowest BCUT2D eigenvalue weighted by Crippen LogP contribution is -2.05. The molecule has 0 bridgehead atoms. The normalized spacial score (nSPS) is 10.5. The summed E-state index contributed by atoms with van der Waals surface area (Å²) in [5.74, 6) is -0.566. The maximum Gasteiger partial charge on any atom is 0.168 e. The van der Waals surface area contributed by atoms with E-state index in [0.717, 1.165) is 12.0 Å². The third-order valence-corrected chi connectivity index (χ3v) is 3.52. The summed E-state index contributed by atoms with van der Waals surface area (Å²) in [6.07, 6.45) is 2.87. The van der Waals surface area contributed by atoms with Crippen LogP contribution < -0.4 is 0 Å². The van der Waals surface area contributed by atoms with Crippen molar-refractivity contribution in [3.8, 4) is 0 Å². The number of aromatic nitrogens is 1. The first kappa shape index (κ1) is 13.9. The number of rotatable bonds is 4. The molecular formula is C15H13BrFNO. The molecule has 1 aromatic carbocycles. The van der Waals surface area contributed by atoms with E-state index in [-0.39, 0.29) is 12.2 Å². The number of benzene rings is 1. The highest BCUT2D eigenvalue weighted by atomic mass is 79.9. The fraction of sp³-hybridized carbons (Fsp3) is 0.200. The van der Waals surface area contributed by atoms with Crippen molar-refractivity contribution >= 4 is 21.7 Å². The van der Waals surface area contributed by atoms with E-state index in [1.807, 2.05) is 19.1 Å². The number of halogens is 2. The molecule has 0 saturated carbocycles. The van der Waals surface area contributed by atoms with Crippen LogP contribution in [-0.4, -0.2) is 10.8 Å². The molecule has 19 heavy (non-hydrogen) atoms. The second kappa shape index (κ2) is 6.06. The van der Waals surface area contributed by atoms with Crippen LogP contribution in [0.15, 0.2) is 41.0 Å². The highest BCUT2D eigenvalue weighted by Crippen LogP contribution is 2.17. The quantitative estimate of drug-likeness (QED) is 0.797. The molecule has 0 aliphatic carbocycles. The van der Waals surface area contributed by atoms with Gasteiger partial charge in [-0.25, -0.2) is 4.39 Å². The molecule has 1 aromatic heterocycles. The van der Waals surface area contributed by atoms with Gasteiger partial charge in [0.1, 0.15) is 5.82 Å². The molecule has 0 radical (unpaired) electrons. The number of hydrogen-bond donors (Lipinski definition) is 0. The van der Waals surface area contributed by atoms with Crippen LogP contribution in [-0.2, 0) is 12.8 Å². The average Bonchev–Trinajstić information content (AvgIpc) is 2.42. The summed E-state index contributed by atoms with van der Waals surface area (Å²) in [6, 6.07) is 8.18. The first-order valence-corrected chi connectivity index (χ1v) is 6.81. The van der Waals surface area contributed by atoms with Gasteiger partial charge in [-0.15, -0.1) is 0 Å². The summed E-state index contributed by atoms with van der Waals surface area (Å²) in [5.41, 5.74) is 2.19. The lowest BCUT2D eigenvalue weighted by Gasteiger charge is -2.03. The Bertz CT molecular complexity index is 596. The van der Waals surface area contributed by atoms with Gasteiger partial charge < -0.3 is 0 Å². The van der Waals surface area contributed by atoms with Gasteiger partial charge in [0, 0.05) is 17.5 Å². The first-order valence-electron chi connectivity index (χ1n) is 6.02. The van der Waals surface area contributed by atoms with Crippen LogP contribution in [0.5, 0.6) is 0 Å². The molecule has 0 atom stereocenters. The van der Waals surface area contributed by atoms with Crippen LogP contribution in [0.2, 0.25) is 0 Å². The van der Waals surface area contributed by atoms with Crippen LogP contribution in [0.3, 0.4) is 0 Å². The van der Waals surface area contributed by atoms with Crippen molar-refractivity contribution < 1.29 is 9.18 Å². The smallest absolute Gasteiger partial charge is 0.168 e. The highest BCUT2D eigenvalue weighted by molar-refractivity contribution is 9.10. The second-order valence-corrected chi connectivity index (χ2v) is 5.09. The molecule has 0 amide bonds. The Morgan fingerprint density at radius 1 is 1.32 bits per heavy atom. The van der Waals surface area contributed by atoms with E-state index in [4.69, 9.17) is 0 Å². The van der Waals surface area contributed by atoms with Crippen LogP contribution in [0.1, 0.15) is 28.5 Å². The van der Waals surface area contributed by atoms with Crippen LogP contribution in [0, 0.1) is 5.82 Å². The summed E-state index contributed by atoms with van der Waals surface area (Å²) in [4.78, 5) is 16.2. The monoisotopic (exact) mass is 321 g/mol. The summed E-state index contributed by atoms with van der Waals surface area (Å²) in [5, 5.41) is 0. The highest BCUT2D eigenvalue weighted by Gasteiger charge is 2.10. The minimum absolute atomic E-state index is 0.136. The van der Waals surface area contributed by atoms with Gasteiger partial charge in [0.2, 0.25) is 0 Å². The molecule has 0 saturated heterocycles. The maximum atomic E-state index is 13.4. The molecule has 1 heterocycles. The van der Waals surface area contributed by atoms with Gasteiger partial charge in [-0.3, -0.25) is 9.78 Å². The third-order valence-electron chi connectivity index (χ3n) is 2.88. The van der Waals surface area contributed by atoms with E-state index in [9.17, 15) is 9.18 Å². The van der Waals surface area contributed by atoms with Crippen molar-refractivity contribution in [2.45, 2.75) is 19.8 Å². The number of nitrogens with zero attached hydrogens (tertiary/aromatic N) is 1. The Hall–Kier alpha value is -1.55. The number of carbonyl (C=O) groups is 1. The summed E-state index contributed by atoms with van der Waals surface area (Å²) in [7, 11) is 0. The molecule has 0 aliphatic heterocycles. The molecule has 98 valence electrons. The minimum atomic E-state index is -0.430. The Labute approximate surface area is 119 Å². The van der Waals surface area contributed by atoms with E-state index in [1.54, 1.807) is 12.3 Å². The predicted molar refractivity (Wildman–Crippen MR) is 75.7 cm³/mol. The number of aryl methyl sites for hydroxylation is 1. The largest absolute Gasteiger partial charge is 0.294 e. The molecule has 0 fully saturated rings. The summed E-state index contributed by atoms with van der Waals surface area (Å²) >= 11 is 3.06. The SMILES string of the molecule is CCc1ccc(CC(=O)c2ccc(Br)c(F)c2)nc1. The van der Waals surface area contributed by atoms with Gasteiger partial charge in [-0.2, -0.15) is 0 Å². The fourth-order valence-corrected chi connectivity index (χ4v) is 1.95. The molecule has 0 aliphatic rings. The predicted octanol–water partition coefficient (Wildman–Crippen LogP) is 3.97. The van der Waals surface area contributed by atoms with E-state index >= 15 is 0 Å². The van der Waals surface area contributed by atoms with Crippen molar-refractivity contribution in [1.29, 1.82) is 0 Å². The zero-order chi connectivity index (χ0) is 13.8. The van der Waals surface area contributed by atoms with Crippen LogP contribution in [0.25, 0.3) is 0 Å². The number of hydrogen-bond acceptors (Lipinski definition) is 2. The molecule has 4 heteroatoms. The van der Waals surface area contributed by atoms with E-state index in [1.165, 1.54) is 12.1 Å². The van der Waals surface area contributed by atoms with Crippen LogP contribution in [0.4, 0.5) is 4.39 Å². The van der Waals surface area contributed by atoms with Crippen LogP contribution >= 0.6 is 15.9 Å². The molecule has 0 unspecified atom stereocenters. The lowest BCUT2D eigenvalue weighted by atomic mass is 10.1. The Morgan fingerprint density at radius 2 is 2.11 bits per heavy atom. The van der Waals surface area contributed by atoms with Crippen molar-refractivity contribution in [2.24, 2.45) is 0 Å². The van der Waals surface area contributed by atoms with Crippen molar-refractivity contribution in [2.75, 3.05) is 0 Å². The number of ketones is 1. The molecule has 2 rings (SSSR count). The summed E-state index contributed by atoms with van der Waals surface area (Å²) < 4.78 is 13.7. The zero-order valence-electron chi connectivity index (χ0n) is 10.5. The zero-order valence-corrected chi connectivity index (χ0v) is 12.1. The van der Waals surface area contributed by atoms with Gasteiger partial charge >= 0.3 is 0 Å². The summed E-state index contributed by atoms with van der Waals surface area (Å²) in [6.45, 7) is 2.05. The third kappa shape index (κ3) is 3.47. The van der Waals surface area contributed by atoms with Gasteiger partial charge in [-0.1, -0.05) is 19.1 Å². The molecule has 2 nitrogen and oxygen atoms in total. The molecule has 0 spiro atoms. The van der Waals surface area contributed by atoms with E-state index in [0.29, 0.717) is 15.7 Å². The second-order valence-electron chi connectivity index (χ2n) is 4.24. The maximum absolute atomic E-state index is 13.4.